The Labute approximate surface area is 150 Å². The molecule has 8 nitrogen and oxygen atoms in total. The van der Waals surface area contributed by atoms with Crippen molar-refractivity contribution in [1.82, 2.24) is 39.1 Å². The van der Waals surface area contributed by atoms with Gasteiger partial charge in [0.05, 0.1) is 11.6 Å². The molecule has 4 heterocycles. The van der Waals surface area contributed by atoms with Crippen LogP contribution in [0.1, 0.15) is 48.9 Å². The van der Waals surface area contributed by atoms with Gasteiger partial charge < -0.3 is 0 Å². The predicted molar refractivity (Wildman–Crippen MR) is 88.1 cm³/mol. The van der Waals surface area contributed by atoms with Gasteiger partial charge in [0.1, 0.15) is 12.4 Å². The highest BCUT2D eigenvalue weighted by Gasteiger charge is 2.39. The molecule has 4 aromatic heterocycles. The van der Waals surface area contributed by atoms with Gasteiger partial charge in [-0.15, -0.1) is 5.10 Å². The highest BCUT2D eigenvalue weighted by molar-refractivity contribution is 5.88. The van der Waals surface area contributed by atoms with Gasteiger partial charge in [-0.1, -0.05) is 0 Å². The van der Waals surface area contributed by atoms with Crippen molar-refractivity contribution in [3.63, 3.8) is 0 Å². The summed E-state index contributed by atoms with van der Waals surface area (Å²) in [4.78, 5) is 8.84. The third-order valence-corrected chi connectivity index (χ3v) is 4.88. The van der Waals surface area contributed by atoms with E-state index >= 15 is 0 Å². The average Bonchev–Trinajstić information content (AvgIpc) is 3.06. The molecule has 1 atom stereocenters. The van der Waals surface area contributed by atoms with Gasteiger partial charge >= 0.3 is 6.18 Å². The van der Waals surface area contributed by atoms with Crippen molar-refractivity contribution in [3.8, 4) is 0 Å². The van der Waals surface area contributed by atoms with Crippen LogP contribution in [0.25, 0.3) is 16.7 Å². The minimum Gasteiger partial charge on any atom is -0.258 e. The van der Waals surface area contributed by atoms with Gasteiger partial charge in [-0.05, 0) is 25.8 Å². The molecule has 5 rings (SSSR count). The Hall–Kier alpha value is -2.98. The molecule has 1 fully saturated rings. The Morgan fingerprint density at radius 1 is 1.19 bits per heavy atom. The van der Waals surface area contributed by atoms with E-state index in [1.807, 2.05) is 0 Å². The normalized spacial score (nSPS) is 16.5. The van der Waals surface area contributed by atoms with E-state index in [0.29, 0.717) is 22.8 Å². The number of hydrogen-bond donors (Lipinski definition) is 0. The zero-order chi connectivity index (χ0) is 18.9. The Bertz CT molecular complexity index is 1160. The summed E-state index contributed by atoms with van der Waals surface area (Å²) in [5.41, 5.74) is 0.923. The third-order valence-electron chi connectivity index (χ3n) is 4.88. The van der Waals surface area contributed by atoms with Gasteiger partial charge in [-0.3, -0.25) is 9.36 Å². The molecule has 0 unspecified atom stereocenters. The van der Waals surface area contributed by atoms with Gasteiger partial charge in [0.25, 0.3) is 0 Å². The summed E-state index contributed by atoms with van der Waals surface area (Å²) in [5, 5.41) is 13.1. The molecule has 0 radical (unpaired) electrons. The van der Waals surface area contributed by atoms with Crippen LogP contribution in [0.5, 0.6) is 0 Å². The molecule has 0 aliphatic heterocycles. The first-order valence-corrected chi connectivity index (χ1v) is 8.52. The van der Waals surface area contributed by atoms with E-state index in [9.17, 15) is 13.2 Å². The van der Waals surface area contributed by atoms with E-state index in [1.54, 1.807) is 24.9 Å². The molecule has 0 amide bonds. The first kappa shape index (κ1) is 16.2. The summed E-state index contributed by atoms with van der Waals surface area (Å²) in [7, 11) is 1.77. The van der Waals surface area contributed by atoms with E-state index in [-0.39, 0.29) is 5.92 Å². The molecule has 140 valence electrons. The number of aromatic nitrogens is 8. The molecule has 0 saturated heterocycles. The summed E-state index contributed by atoms with van der Waals surface area (Å²) in [6.45, 7) is 1.75. The predicted octanol–water partition coefficient (Wildman–Crippen LogP) is 2.71. The van der Waals surface area contributed by atoms with Crippen LogP contribution >= 0.6 is 0 Å². The smallest absolute Gasteiger partial charge is 0.258 e. The lowest BCUT2D eigenvalue weighted by atomic mass is 10.2. The SMILES string of the molecule is C[C@@H](c1nc2c3cnn(C)c3ncn2n1)n1nc(C(F)(F)F)cc1C1CC1. The fourth-order valence-electron chi connectivity index (χ4n) is 3.28. The molecular weight excluding hydrogens is 361 g/mol. The van der Waals surface area contributed by atoms with Crippen LogP contribution in [0.4, 0.5) is 13.2 Å². The molecule has 1 aliphatic carbocycles. The van der Waals surface area contributed by atoms with Crippen LogP contribution in [-0.2, 0) is 13.2 Å². The Kier molecular flexibility index (Phi) is 3.16. The summed E-state index contributed by atoms with van der Waals surface area (Å²) >= 11 is 0. The van der Waals surface area contributed by atoms with Crippen molar-refractivity contribution in [2.45, 2.75) is 37.9 Å². The lowest BCUT2D eigenvalue weighted by Gasteiger charge is -2.12. The second-order valence-corrected chi connectivity index (χ2v) is 6.84. The molecule has 11 heteroatoms. The number of nitrogens with zero attached hydrogens (tertiary/aromatic N) is 8. The Balaban J connectivity index is 1.62. The van der Waals surface area contributed by atoms with Crippen molar-refractivity contribution in [2.75, 3.05) is 0 Å². The van der Waals surface area contributed by atoms with Crippen LogP contribution in [0.3, 0.4) is 0 Å². The fraction of sp³-hybridized carbons (Fsp3) is 0.438. The van der Waals surface area contributed by atoms with Gasteiger partial charge in [-0.2, -0.15) is 23.4 Å². The van der Waals surface area contributed by atoms with Crippen molar-refractivity contribution < 1.29 is 13.2 Å². The van der Waals surface area contributed by atoms with E-state index in [0.717, 1.165) is 24.3 Å². The van der Waals surface area contributed by atoms with Crippen LogP contribution in [0.2, 0.25) is 0 Å². The minimum atomic E-state index is -4.48. The highest BCUT2D eigenvalue weighted by atomic mass is 19.4. The zero-order valence-corrected chi connectivity index (χ0v) is 14.5. The third kappa shape index (κ3) is 2.48. The number of fused-ring (bicyclic) bond motifs is 3. The van der Waals surface area contributed by atoms with Crippen LogP contribution in [-0.4, -0.2) is 39.1 Å². The summed E-state index contributed by atoms with van der Waals surface area (Å²) in [5.74, 6) is 0.492. The van der Waals surface area contributed by atoms with Crippen molar-refractivity contribution in [2.24, 2.45) is 7.05 Å². The van der Waals surface area contributed by atoms with Crippen molar-refractivity contribution in [1.29, 1.82) is 0 Å². The molecule has 27 heavy (non-hydrogen) atoms. The maximum Gasteiger partial charge on any atom is 0.435 e. The molecule has 1 aliphatic rings. The second kappa shape index (κ2) is 5.27. The first-order valence-electron chi connectivity index (χ1n) is 8.52. The second-order valence-electron chi connectivity index (χ2n) is 6.84. The summed E-state index contributed by atoms with van der Waals surface area (Å²) < 4.78 is 44.0. The van der Waals surface area contributed by atoms with Gasteiger partial charge in [0.2, 0.25) is 0 Å². The van der Waals surface area contributed by atoms with E-state index in [2.05, 4.69) is 25.3 Å². The largest absolute Gasteiger partial charge is 0.435 e. The Morgan fingerprint density at radius 3 is 2.67 bits per heavy atom. The Morgan fingerprint density at radius 2 is 1.96 bits per heavy atom. The van der Waals surface area contributed by atoms with Crippen molar-refractivity contribution in [3.05, 3.63) is 35.8 Å². The zero-order valence-electron chi connectivity index (χ0n) is 14.5. The molecule has 1 saturated carbocycles. The van der Waals surface area contributed by atoms with Crippen LogP contribution in [0.15, 0.2) is 18.6 Å². The summed E-state index contributed by atoms with van der Waals surface area (Å²) in [6.07, 6.45) is 0.427. The number of rotatable bonds is 3. The van der Waals surface area contributed by atoms with E-state index < -0.39 is 17.9 Å². The van der Waals surface area contributed by atoms with Gasteiger partial charge in [-0.25, -0.2) is 14.5 Å². The van der Waals surface area contributed by atoms with Crippen molar-refractivity contribution >= 4 is 16.7 Å². The van der Waals surface area contributed by atoms with Crippen LogP contribution < -0.4 is 0 Å². The maximum atomic E-state index is 13.1. The van der Waals surface area contributed by atoms with Crippen LogP contribution in [0, 0.1) is 0 Å². The fourth-order valence-corrected chi connectivity index (χ4v) is 3.28. The van der Waals surface area contributed by atoms with E-state index in [1.165, 1.54) is 15.5 Å². The molecule has 0 aromatic carbocycles. The molecule has 4 aromatic rings. The first-order chi connectivity index (χ1) is 12.8. The molecule has 0 spiro atoms. The number of alkyl halides is 3. The average molecular weight is 376 g/mol. The standard InChI is InChI=1S/C16H15F3N8/c1-8(27-11(9-3-4-9)5-12(23-27)16(17,18)19)13-22-15-10-6-21-25(2)14(10)20-7-26(15)24-13/h5-9H,3-4H2,1-2H3/t8-/m0/s1. The topological polar surface area (TPSA) is 78.7 Å². The lowest BCUT2D eigenvalue weighted by molar-refractivity contribution is -0.141. The highest BCUT2D eigenvalue weighted by Crippen LogP contribution is 2.43. The monoisotopic (exact) mass is 376 g/mol. The van der Waals surface area contributed by atoms with E-state index in [4.69, 9.17) is 0 Å². The number of hydrogen-bond acceptors (Lipinski definition) is 5. The number of halogens is 3. The van der Waals surface area contributed by atoms with Gasteiger partial charge in [0, 0.05) is 18.7 Å². The maximum absolute atomic E-state index is 13.1. The summed E-state index contributed by atoms with van der Waals surface area (Å²) in [6, 6.07) is 0.605. The van der Waals surface area contributed by atoms with Gasteiger partial charge in [0.15, 0.2) is 22.8 Å². The molecule has 0 bridgehead atoms. The molecule has 0 N–H and O–H groups in total. The minimum absolute atomic E-state index is 0.111. The molecular formula is C16H15F3N8. The quantitative estimate of drug-likeness (QED) is 0.549. The lowest BCUT2D eigenvalue weighted by Crippen LogP contribution is -2.15. The number of aryl methyl sites for hydroxylation is 1.